The number of rotatable bonds is 6. The third kappa shape index (κ3) is 3.25. The highest BCUT2D eigenvalue weighted by Crippen LogP contribution is 2.54. The Morgan fingerprint density at radius 3 is 2.56 bits per heavy atom. The van der Waals surface area contributed by atoms with Gasteiger partial charge < -0.3 is 19.9 Å². The molecular formula is C23H21N3O6. The number of carbonyl (C=O) groups is 3. The van der Waals surface area contributed by atoms with Gasteiger partial charge in [0.1, 0.15) is 29.4 Å². The first-order valence-electron chi connectivity index (χ1n) is 9.87. The first-order valence-corrected chi connectivity index (χ1v) is 9.87. The van der Waals surface area contributed by atoms with Crippen LogP contribution in [-0.4, -0.2) is 37.6 Å². The molecule has 1 aromatic carbocycles. The van der Waals surface area contributed by atoms with Gasteiger partial charge in [0.25, 0.3) is 0 Å². The fourth-order valence-electron chi connectivity index (χ4n) is 4.02. The van der Waals surface area contributed by atoms with Crippen molar-refractivity contribution in [3.63, 3.8) is 0 Å². The third-order valence-corrected chi connectivity index (χ3v) is 5.12. The number of para-hydroxylation sites is 1. The number of carbonyl (C=O) groups excluding carboxylic acids is 3. The molecule has 2 heterocycles. The molecule has 32 heavy (non-hydrogen) atoms. The van der Waals surface area contributed by atoms with Gasteiger partial charge in [-0.25, -0.2) is 4.79 Å². The summed E-state index contributed by atoms with van der Waals surface area (Å²) in [6, 6.07) is 8.51. The van der Waals surface area contributed by atoms with Gasteiger partial charge in [-0.15, -0.1) is 6.42 Å². The molecule has 2 aliphatic heterocycles. The number of nitrogens with two attached hydrogens (primary N) is 1. The van der Waals surface area contributed by atoms with Gasteiger partial charge in [-0.1, -0.05) is 24.1 Å². The zero-order valence-corrected chi connectivity index (χ0v) is 17.6. The average molecular weight is 435 g/mol. The van der Waals surface area contributed by atoms with E-state index in [-0.39, 0.29) is 36.7 Å². The first-order chi connectivity index (χ1) is 15.4. The second kappa shape index (κ2) is 8.86. The smallest absolute Gasteiger partial charge is 0.339 e. The molecule has 0 aromatic heterocycles. The van der Waals surface area contributed by atoms with E-state index in [1.807, 2.05) is 6.07 Å². The largest absolute Gasteiger partial charge is 0.466 e. The molecule has 1 spiro atoms. The van der Waals surface area contributed by atoms with Crippen molar-refractivity contribution in [3.05, 3.63) is 52.6 Å². The van der Waals surface area contributed by atoms with Crippen LogP contribution in [0.5, 0.6) is 0 Å². The van der Waals surface area contributed by atoms with Crippen molar-refractivity contribution in [1.82, 2.24) is 0 Å². The van der Waals surface area contributed by atoms with Crippen molar-refractivity contribution in [2.45, 2.75) is 25.7 Å². The molecule has 9 heteroatoms. The van der Waals surface area contributed by atoms with Gasteiger partial charge >= 0.3 is 11.9 Å². The molecule has 0 saturated carbocycles. The lowest BCUT2D eigenvalue weighted by molar-refractivity contribution is -0.143. The minimum Gasteiger partial charge on any atom is -0.466 e. The van der Waals surface area contributed by atoms with Gasteiger partial charge in [-0.3, -0.25) is 14.5 Å². The Morgan fingerprint density at radius 2 is 1.94 bits per heavy atom. The summed E-state index contributed by atoms with van der Waals surface area (Å²) in [4.78, 5) is 40.6. The van der Waals surface area contributed by atoms with Gasteiger partial charge in [0.05, 0.1) is 19.8 Å². The van der Waals surface area contributed by atoms with E-state index in [0.29, 0.717) is 11.3 Å². The molecular weight excluding hydrogens is 414 g/mol. The summed E-state index contributed by atoms with van der Waals surface area (Å²) in [5.41, 5.74) is 4.21. The summed E-state index contributed by atoms with van der Waals surface area (Å²) >= 11 is 0. The zero-order chi connectivity index (χ0) is 23.5. The standard InChI is InChI=1S/C23H21N3O6/c1-4-11-26-16-10-8-7-9-14(16)23(22(26)29)15(13-24)20(25)32-17(12-18(27)30-5-2)19(23)21(28)31-6-3/h1,7-10H,5-6,11-12,25H2,2-3H3/t23-/m0/s1. The monoisotopic (exact) mass is 435 g/mol. The molecule has 0 bridgehead atoms. The van der Waals surface area contributed by atoms with Crippen molar-refractivity contribution < 1.29 is 28.6 Å². The second-order valence-electron chi connectivity index (χ2n) is 6.82. The van der Waals surface area contributed by atoms with Crippen molar-refractivity contribution >= 4 is 23.5 Å². The number of anilines is 1. The highest BCUT2D eigenvalue weighted by molar-refractivity contribution is 6.19. The molecule has 0 unspecified atom stereocenters. The molecule has 0 fully saturated rings. The SMILES string of the molecule is C#CCN1C(=O)[C@]2(C(C#N)=C(N)OC(CC(=O)OCC)=C2C(=O)OCC)c2ccccc21. The molecule has 164 valence electrons. The molecule has 2 aliphatic rings. The zero-order valence-electron chi connectivity index (χ0n) is 17.6. The summed E-state index contributed by atoms with van der Waals surface area (Å²) in [6.07, 6.45) is 4.98. The number of hydrogen-bond donors (Lipinski definition) is 1. The van der Waals surface area contributed by atoms with Crippen LogP contribution in [-0.2, 0) is 34.0 Å². The molecule has 1 atom stereocenters. The number of ether oxygens (including phenoxy) is 3. The highest BCUT2D eigenvalue weighted by atomic mass is 16.5. The van der Waals surface area contributed by atoms with Crippen LogP contribution in [0.4, 0.5) is 5.69 Å². The number of esters is 2. The van der Waals surface area contributed by atoms with Gasteiger partial charge in [-0.05, 0) is 19.9 Å². The van der Waals surface area contributed by atoms with E-state index in [1.165, 1.54) is 4.90 Å². The van der Waals surface area contributed by atoms with E-state index in [4.69, 9.17) is 26.4 Å². The van der Waals surface area contributed by atoms with E-state index in [1.54, 1.807) is 38.1 Å². The highest BCUT2D eigenvalue weighted by Gasteiger charge is 2.62. The Kier molecular flexibility index (Phi) is 6.22. The molecule has 3 rings (SSSR count). The lowest BCUT2D eigenvalue weighted by Gasteiger charge is -2.35. The molecule has 1 aromatic rings. The topological polar surface area (TPSA) is 132 Å². The Morgan fingerprint density at radius 1 is 1.25 bits per heavy atom. The van der Waals surface area contributed by atoms with Gasteiger partial charge in [0.15, 0.2) is 5.41 Å². The van der Waals surface area contributed by atoms with Gasteiger partial charge in [0.2, 0.25) is 11.8 Å². The lowest BCUT2D eigenvalue weighted by Crippen LogP contribution is -2.49. The summed E-state index contributed by atoms with van der Waals surface area (Å²) in [5.74, 6) is -0.486. The minimum atomic E-state index is -1.97. The van der Waals surface area contributed by atoms with E-state index in [2.05, 4.69) is 5.92 Å². The van der Waals surface area contributed by atoms with Gasteiger partial charge in [0, 0.05) is 11.3 Å². The van der Waals surface area contributed by atoms with Crippen LogP contribution in [0.15, 0.2) is 47.1 Å². The van der Waals surface area contributed by atoms with Crippen molar-refractivity contribution in [2.24, 2.45) is 5.73 Å². The van der Waals surface area contributed by atoms with E-state index in [9.17, 15) is 19.6 Å². The number of hydrogen-bond acceptors (Lipinski definition) is 8. The third-order valence-electron chi connectivity index (χ3n) is 5.12. The van der Waals surface area contributed by atoms with E-state index >= 15 is 0 Å². The first kappa shape index (κ1) is 22.4. The summed E-state index contributed by atoms with van der Waals surface area (Å²) in [5, 5.41) is 9.98. The van der Waals surface area contributed by atoms with Crippen LogP contribution in [0, 0.1) is 23.7 Å². The lowest BCUT2D eigenvalue weighted by atomic mass is 9.68. The predicted octanol–water partition coefficient (Wildman–Crippen LogP) is 1.40. The molecule has 9 nitrogen and oxygen atoms in total. The number of amides is 1. The Bertz CT molecular complexity index is 1140. The van der Waals surface area contributed by atoms with Crippen LogP contribution in [0.2, 0.25) is 0 Å². The fraction of sp³-hybridized carbons (Fsp3) is 0.304. The van der Waals surface area contributed by atoms with Crippen molar-refractivity contribution in [3.8, 4) is 18.4 Å². The van der Waals surface area contributed by atoms with Gasteiger partial charge in [-0.2, -0.15) is 5.26 Å². The predicted molar refractivity (Wildman–Crippen MR) is 112 cm³/mol. The number of fused-ring (bicyclic) bond motifs is 2. The minimum absolute atomic E-state index is 0.0178. The number of nitrogens with zero attached hydrogens (tertiary/aromatic N) is 2. The molecule has 0 saturated heterocycles. The number of benzene rings is 1. The molecule has 1 amide bonds. The number of terminal acetylenes is 1. The quantitative estimate of drug-likeness (QED) is 0.524. The summed E-state index contributed by atoms with van der Waals surface area (Å²) < 4.78 is 15.7. The second-order valence-corrected chi connectivity index (χ2v) is 6.82. The van der Waals surface area contributed by atoms with Crippen molar-refractivity contribution in [1.29, 1.82) is 5.26 Å². The maximum atomic E-state index is 13.9. The average Bonchev–Trinajstić information content (AvgIpc) is 2.98. The van der Waals surface area contributed by atoms with Crippen molar-refractivity contribution in [2.75, 3.05) is 24.7 Å². The summed E-state index contributed by atoms with van der Waals surface area (Å²) in [6.45, 7) is 3.18. The van der Waals surface area contributed by atoms with Crippen LogP contribution >= 0.6 is 0 Å². The Balaban J connectivity index is 2.40. The van der Waals surface area contributed by atoms with E-state index < -0.39 is 35.6 Å². The van der Waals surface area contributed by atoms with Crippen LogP contribution < -0.4 is 10.6 Å². The Hall–Kier alpha value is -4.24. The van der Waals surface area contributed by atoms with Crippen LogP contribution in [0.25, 0.3) is 0 Å². The maximum Gasteiger partial charge on any atom is 0.339 e. The fourth-order valence-corrected chi connectivity index (χ4v) is 4.02. The maximum absolute atomic E-state index is 13.9. The molecule has 0 radical (unpaired) electrons. The van der Waals surface area contributed by atoms with E-state index in [0.717, 1.165) is 0 Å². The normalized spacial score (nSPS) is 19.2. The van der Waals surface area contributed by atoms with Crippen LogP contribution in [0.1, 0.15) is 25.8 Å². The van der Waals surface area contributed by atoms with Crippen LogP contribution in [0.3, 0.4) is 0 Å². The number of nitriles is 1. The molecule has 2 N–H and O–H groups in total. The Labute approximate surface area is 185 Å². The summed E-state index contributed by atoms with van der Waals surface area (Å²) in [7, 11) is 0. The molecule has 0 aliphatic carbocycles.